The zero-order chi connectivity index (χ0) is 22.3. The first-order chi connectivity index (χ1) is 15.5. The lowest BCUT2D eigenvalue weighted by Crippen LogP contribution is -2.38. The molecule has 6 heteroatoms. The maximum absolute atomic E-state index is 13.2. The van der Waals surface area contributed by atoms with Crippen molar-refractivity contribution in [3.05, 3.63) is 82.9 Å². The number of carbonyl (C=O) groups is 4. The summed E-state index contributed by atoms with van der Waals surface area (Å²) in [6.07, 6.45) is 3.59. The summed E-state index contributed by atoms with van der Waals surface area (Å²) in [6.45, 7) is 0. The first-order valence-electron chi connectivity index (χ1n) is 10.8. The lowest BCUT2D eigenvalue weighted by atomic mass is 9.62. The molecule has 2 aromatic rings. The highest BCUT2D eigenvalue weighted by atomic mass is 16.2. The Hall–Kier alpha value is -3.80. The molecule has 160 valence electrons. The second kappa shape index (κ2) is 7.71. The topological polar surface area (TPSA) is 92.3 Å². The second-order valence-electron chi connectivity index (χ2n) is 8.44. The van der Waals surface area contributed by atoms with Crippen molar-refractivity contribution in [2.24, 2.45) is 5.41 Å². The Kier molecular flexibility index (Phi) is 4.85. The quantitative estimate of drug-likeness (QED) is 0.735. The largest absolute Gasteiger partial charge is 0.288 e. The molecule has 2 aromatic carbocycles. The van der Waals surface area contributed by atoms with Crippen LogP contribution in [0.1, 0.15) is 43.2 Å². The number of hydrogen-bond acceptors (Lipinski definition) is 4. The van der Waals surface area contributed by atoms with Gasteiger partial charge >= 0.3 is 0 Å². The molecule has 1 fully saturated rings. The van der Waals surface area contributed by atoms with Crippen LogP contribution in [-0.4, -0.2) is 23.6 Å². The lowest BCUT2D eigenvalue weighted by Gasteiger charge is -2.39. The number of hydrogen-bond donors (Lipinski definition) is 2. The van der Waals surface area contributed by atoms with Crippen molar-refractivity contribution in [3.63, 3.8) is 0 Å². The molecule has 1 aliphatic carbocycles. The van der Waals surface area contributed by atoms with Gasteiger partial charge in [0.1, 0.15) is 0 Å². The first-order valence-corrected chi connectivity index (χ1v) is 10.8. The first kappa shape index (κ1) is 20.1. The SMILES string of the molecule is O=C1NC(=O)C(C2(C3=C(c4ccccc4)C(=O)NC3=O)CCCCC2)=C1c1ccccc1. The smallest absolute Gasteiger partial charge is 0.259 e. The Balaban J connectivity index is 1.84. The van der Waals surface area contributed by atoms with Crippen molar-refractivity contribution < 1.29 is 19.2 Å². The van der Waals surface area contributed by atoms with Crippen LogP contribution >= 0.6 is 0 Å². The van der Waals surface area contributed by atoms with E-state index in [0.717, 1.165) is 19.3 Å². The molecule has 0 atom stereocenters. The number of nitrogens with one attached hydrogen (secondary N) is 2. The van der Waals surface area contributed by atoms with Gasteiger partial charge in [0, 0.05) is 16.6 Å². The third-order valence-electron chi connectivity index (χ3n) is 6.65. The Morgan fingerprint density at radius 3 is 1.34 bits per heavy atom. The van der Waals surface area contributed by atoms with Crippen molar-refractivity contribution >= 4 is 34.8 Å². The van der Waals surface area contributed by atoms with Crippen LogP contribution in [0.5, 0.6) is 0 Å². The highest BCUT2D eigenvalue weighted by Crippen LogP contribution is 2.54. The molecule has 3 aliphatic rings. The van der Waals surface area contributed by atoms with Crippen LogP contribution in [0.2, 0.25) is 0 Å². The van der Waals surface area contributed by atoms with E-state index in [1.165, 1.54) is 0 Å². The lowest BCUT2D eigenvalue weighted by molar-refractivity contribution is -0.124. The summed E-state index contributed by atoms with van der Waals surface area (Å²) in [6, 6.07) is 18.1. The van der Waals surface area contributed by atoms with Crippen LogP contribution in [0, 0.1) is 5.41 Å². The number of carbonyl (C=O) groups excluding carboxylic acids is 4. The standard InChI is InChI=1S/C26H22N2O4/c29-22-18(16-10-4-1-5-11-16)20(24(31)27-22)26(14-8-3-9-15-26)21-19(23(30)28-25(21)32)17-12-6-2-7-13-17/h1-2,4-7,10-13H,3,8-9,14-15H2,(H,27,29,31)(H,28,30,32). The normalized spacial score (nSPS) is 20.6. The summed E-state index contributed by atoms with van der Waals surface area (Å²) in [5.41, 5.74) is 1.45. The zero-order valence-electron chi connectivity index (χ0n) is 17.4. The van der Waals surface area contributed by atoms with Crippen molar-refractivity contribution in [1.29, 1.82) is 0 Å². The van der Waals surface area contributed by atoms with Crippen LogP contribution < -0.4 is 10.6 Å². The Morgan fingerprint density at radius 1 is 0.531 bits per heavy atom. The molecule has 0 aromatic heterocycles. The molecule has 1 saturated carbocycles. The van der Waals surface area contributed by atoms with Crippen LogP contribution in [0.4, 0.5) is 0 Å². The maximum Gasteiger partial charge on any atom is 0.259 e. The van der Waals surface area contributed by atoms with E-state index in [0.29, 0.717) is 46.3 Å². The molecule has 0 saturated heterocycles. The number of benzene rings is 2. The van der Waals surface area contributed by atoms with Gasteiger partial charge in [-0.15, -0.1) is 0 Å². The minimum atomic E-state index is -1.01. The summed E-state index contributed by atoms with van der Waals surface area (Å²) in [5, 5.41) is 4.90. The summed E-state index contributed by atoms with van der Waals surface area (Å²) in [7, 11) is 0. The highest BCUT2D eigenvalue weighted by molar-refractivity contribution is 6.40. The molecule has 32 heavy (non-hydrogen) atoms. The fraction of sp³-hybridized carbons (Fsp3) is 0.231. The van der Waals surface area contributed by atoms with Gasteiger partial charge in [-0.05, 0) is 24.0 Å². The van der Waals surface area contributed by atoms with Gasteiger partial charge in [0.25, 0.3) is 23.6 Å². The zero-order valence-corrected chi connectivity index (χ0v) is 17.4. The molecular formula is C26H22N2O4. The molecule has 2 aliphatic heterocycles. The number of amides is 4. The molecular weight excluding hydrogens is 404 g/mol. The summed E-state index contributed by atoms with van der Waals surface area (Å²) >= 11 is 0. The van der Waals surface area contributed by atoms with Crippen molar-refractivity contribution in [2.75, 3.05) is 0 Å². The number of imide groups is 2. The van der Waals surface area contributed by atoms with E-state index >= 15 is 0 Å². The molecule has 0 unspecified atom stereocenters. The molecule has 2 N–H and O–H groups in total. The van der Waals surface area contributed by atoms with Crippen molar-refractivity contribution in [3.8, 4) is 0 Å². The van der Waals surface area contributed by atoms with Gasteiger partial charge in [-0.25, -0.2) is 0 Å². The second-order valence-corrected chi connectivity index (χ2v) is 8.44. The van der Waals surface area contributed by atoms with Gasteiger partial charge in [0.05, 0.1) is 11.1 Å². The van der Waals surface area contributed by atoms with E-state index in [4.69, 9.17) is 0 Å². The summed E-state index contributed by atoms with van der Waals surface area (Å²) in [5.74, 6) is -1.90. The molecule has 4 amide bonds. The Labute approximate surface area is 185 Å². The van der Waals surface area contributed by atoms with Gasteiger partial charge in [0.2, 0.25) is 0 Å². The molecule has 0 radical (unpaired) electrons. The third kappa shape index (κ3) is 3.02. The summed E-state index contributed by atoms with van der Waals surface area (Å²) < 4.78 is 0. The van der Waals surface area contributed by atoms with Gasteiger partial charge in [0.15, 0.2) is 0 Å². The molecule has 0 bridgehead atoms. The fourth-order valence-electron chi connectivity index (χ4n) is 5.36. The van der Waals surface area contributed by atoms with Crippen LogP contribution in [0.25, 0.3) is 11.1 Å². The molecule has 0 spiro atoms. The maximum atomic E-state index is 13.2. The van der Waals surface area contributed by atoms with E-state index in [1.54, 1.807) is 24.3 Å². The van der Waals surface area contributed by atoms with E-state index in [-0.39, 0.29) is 0 Å². The van der Waals surface area contributed by atoms with E-state index in [1.807, 2.05) is 36.4 Å². The van der Waals surface area contributed by atoms with Gasteiger partial charge < -0.3 is 0 Å². The predicted molar refractivity (Wildman–Crippen MR) is 119 cm³/mol. The van der Waals surface area contributed by atoms with Gasteiger partial charge in [-0.1, -0.05) is 79.9 Å². The molecule has 2 heterocycles. The molecule has 6 nitrogen and oxygen atoms in total. The van der Waals surface area contributed by atoms with E-state index < -0.39 is 29.0 Å². The van der Waals surface area contributed by atoms with E-state index in [9.17, 15) is 19.2 Å². The van der Waals surface area contributed by atoms with Crippen LogP contribution in [0.15, 0.2) is 71.8 Å². The average molecular weight is 426 g/mol. The third-order valence-corrected chi connectivity index (χ3v) is 6.65. The minimum Gasteiger partial charge on any atom is -0.288 e. The van der Waals surface area contributed by atoms with Crippen molar-refractivity contribution in [1.82, 2.24) is 10.6 Å². The van der Waals surface area contributed by atoms with E-state index in [2.05, 4.69) is 10.6 Å². The molecule has 5 rings (SSSR count). The Morgan fingerprint density at radius 2 is 0.938 bits per heavy atom. The fourth-order valence-corrected chi connectivity index (χ4v) is 5.36. The highest BCUT2D eigenvalue weighted by Gasteiger charge is 2.53. The predicted octanol–water partition coefficient (Wildman–Crippen LogP) is 3.16. The van der Waals surface area contributed by atoms with Gasteiger partial charge in [-0.2, -0.15) is 0 Å². The van der Waals surface area contributed by atoms with Crippen molar-refractivity contribution in [2.45, 2.75) is 32.1 Å². The van der Waals surface area contributed by atoms with Gasteiger partial charge in [-0.3, -0.25) is 29.8 Å². The summed E-state index contributed by atoms with van der Waals surface area (Å²) in [4.78, 5) is 52.3. The average Bonchev–Trinajstić information content (AvgIpc) is 3.29. The van der Waals surface area contributed by atoms with Crippen LogP contribution in [0.3, 0.4) is 0 Å². The Bertz CT molecular complexity index is 1110. The monoisotopic (exact) mass is 426 g/mol. The van der Waals surface area contributed by atoms with Crippen LogP contribution in [-0.2, 0) is 19.2 Å². The number of rotatable bonds is 4. The minimum absolute atomic E-state index is 0.296.